The van der Waals surface area contributed by atoms with Crippen molar-refractivity contribution in [2.45, 2.75) is 13.0 Å². The minimum absolute atomic E-state index is 0.323. The molecule has 0 fully saturated rings. The number of nitrogens with one attached hydrogen (secondary N) is 1. The first-order chi connectivity index (χ1) is 8.61. The first-order valence-electron chi connectivity index (χ1n) is 5.66. The summed E-state index contributed by atoms with van der Waals surface area (Å²) in [6, 6.07) is 6.93. The Balaban J connectivity index is 2.48. The van der Waals surface area contributed by atoms with Gasteiger partial charge in [-0.05, 0) is 43.3 Å². The summed E-state index contributed by atoms with van der Waals surface area (Å²) in [5.41, 5.74) is 2.27. The van der Waals surface area contributed by atoms with Crippen molar-refractivity contribution in [3.8, 4) is 0 Å². The highest BCUT2D eigenvalue weighted by atomic mass is 19.1. The van der Waals surface area contributed by atoms with E-state index in [1.807, 2.05) is 19.1 Å². The topological polar surface area (TPSA) is 24.9 Å². The average molecular weight is 248 g/mol. The lowest BCUT2D eigenvalue weighted by Crippen LogP contribution is -2.20. The van der Waals surface area contributed by atoms with Crippen LogP contribution in [0.15, 0.2) is 36.5 Å². The lowest BCUT2D eigenvalue weighted by Gasteiger charge is -2.18. The number of pyridine rings is 1. The van der Waals surface area contributed by atoms with E-state index in [4.69, 9.17) is 0 Å². The molecule has 1 aromatic heterocycles. The lowest BCUT2D eigenvalue weighted by atomic mass is 10.00. The van der Waals surface area contributed by atoms with Crippen molar-refractivity contribution in [3.05, 3.63) is 65.0 Å². The normalized spacial score (nSPS) is 12.4. The zero-order chi connectivity index (χ0) is 13.1. The smallest absolute Gasteiger partial charge is 0.126 e. The van der Waals surface area contributed by atoms with Crippen LogP contribution >= 0.6 is 0 Å². The van der Waals surface area contributed by atoms with E-state index in [9.17, 15) is 8.78 Å². The SMILES string of the molecule is CNC(c1cc(F)cc(F)c1)c1ncccc1C. The number of hydrogen-bond donors (Lipinski definition) is 1. The fraction of sp³-hybridized carbons (Fsp3) is 0.214. The molecule has 1 atom stereocenters. The van der Waals surface area contributed by atoms with Gasteiger partial charge in [0.25, 0.3) is 0 Å². The minimum Gasteiger partial charge on any atom is -0.308 e. The summed E-state index contributed by atoms with van der Waals surface area (Å²) in [7, 11) is 1.74. The van der Waals surface area contributed by atoms with Gasteiger partial charge in [-0.3, -0.25) is 4.98 Å². The van der Waals surface area contributed by atoms with Gasteiger partial charge in [0.1, 0.15) is 11.6 Å². The Morgan fingerprint density at radius 2 is 1.83 bits per heavy atom. The molecule has 18 heavy (non-hydrogen) atoms. The summed E-state index contributed by atoms with van der Waals surface area (Å²) in [6.07, 6.45) is 1.67. The van der Waals surface area contributed by atoms with E-state index >= 15 is 0 Å². The molecule has 0 aliphatic heterocycles. The van der Waals surface area contributed by atoms with Crippen LogP contribution in [0, 0.1) is 18.6 Å². The maximum Gasteiger partial charge on any atom is 0.126 e. The fourth-order valence-electron chi connectivity index (χ4n) is 2.00. The predicted octanol–water partition coefficient (Wildman–Crippen LogP) is 2.98. The van der Waals surface area contributed by atoms with Crippen molar-refractivity contribution in [3.63, 3.8) is 0 Å². The minimum atomic E-state index is -0.584. The molecular formula is C14H14F2N2. The van der Waals surface area contributed by atoms with Gasteiger partial charge in [-0.25, -0.2) is 8.78 Å². The van der Waals surface area contributed by atoms with Crippen LogP contribution < -0.4 is 5.32 Å². The number of halogens is 2. The first kappa shape index (κ1) is 12.6. The highest BCUT2D eigenvalue weighted by Crippen LogP contribution is 2.23. The molecule has 94 valence electrons. The summed E-state index contributed by atoms with van der Waals surface area (Å²) in [5, 5.41) is 3.03. The standard InChI is InChI=1S/C14H14F2N2/c1-9-4-3-5-18-13(9)14(17-2)10-6-11(15)8-12(16)7-10/h3-8,14,17H,1-2H3. The van der Waals surface area contributed by atoms with E-state index in [-0.39, 0.29) is 6.04 Å². The van der Waals surface area contributed by atoms with Crippen LogP contribution in [-0.4, -0.2) is 12.0 Å². The second-order valence-corrected chi connectivity index (χ2v) is 4.13. The number of aryl methyl sites for hydroxylation is 1. The van der Waals surface area contributed by atoms with Crippen molar-refractivity contribution >= 4 is 0 Å². The molecule has 0 radical (unpaired) electrons. The Morgan fingerprint density at radius 3 is 2.39 bits per heavy atom. The summed E-state index contributed by atoms with van der Waals surface area (Å²) >= 11 is 0. The van der Waals surface area contributed by atoms with Crippen LogP contribution in [0.3, 0.4) is 0 Å². The average Bonchev–Trinajstić information content (AvgIpc) is 2.31. The van der Waals surface area contributed by atoms with Gasteiger partial charge in [-0.15, -0.1) is 0 Å². The zero-order valence-electron chi connectivity index (χ0n) is 10.2. The van der Waals surface area contributed by atoms with Crippen LogP contribution in [-0.2, 0) is 0 Å². The number of rotatable bonds is 3. The van der Waals surface area contributed by atoms with Gasteiger partial charge in [0.15, 0.2) is 0 Å². The molecule has 0 aliphatic carbocycles. The Kier molecular flexibility index (Phi) is 3.67. The van der Waals surface area contributed by atoms with E-state index < -0.39 is 11.6 Å². The lowest BCUT2D eigenvalue weighted by molar-refractivity contribution is 0.569. The Labute approximate surface area is 105 Å². The van der Waals surface area contributed by atoms with Crippen molar-refractivity contribution in [1.29, 1.82) is 0 Å². The van der Waals surface area contributed by atoms with Gasteiger partial charge < -0.3 is 5.32 Å². The van der Waals surface area contributed by atoms with Gasteiger partial charge >= 0.3 is 0 Å². The van der Waals surface area contributed by atoms with Crippen molar-refractivity contribution in [2.24, 2.45) is 0 Å². The van der Waals surface area contributed by atoms with E-state index in [1.165, 1.54) is 12.1 Å². The van der Waals surface area contributed by atoms with Crippen LogP contribution in [0.5, 0.6) is 0 Å². The van der Waals surface area contributed by atoms with Crippen molar-refractivity contribution in [1.82, 2.24) is 10.3 Å². The van der Waals surface area contributed by atoms with E-state index in [1.54, 1.807) is 13.2 Å². The van der Waals surface area contributed by atoms with Crippen molar-refractivity contribution < 1.29 is 8.78 Å². The molecular weight excluding hydrogens is 234 g/mol. The zero-order valence-corrected chi connectivity index (χ0v) is 10.2. The van der Waals surface area contributed by atoms with Crippen molar-refractivity contribution in [2.75, 3.05) is 7.05 Å². The quantitative estimate of drug-likeness (QED) is 0.903. The Bertz CT molecular complexity index is 535. The van der Waals surface area contributed by atoms with E-state index in [0.717, 1.165) is 17.3 Å². The number of nitrogens with zero attached hydrogens (tertiary/aromatic N) is 1. The van der Waals surface area contributed by atoms with Crippen LogP contribution in [0.4, 0.5) is 8.78 Å². The molecule has 2 aromatic rings. The molecule has 1 N–H and O–H groups in total. The van der Waals surface area contributed by atoms with Gasteiger partial charge in [0.2, 0.25) is 0 Å². The number of aromatic nitrogens is 1. The molecule has 0 saturated heterocycles. The van der Waals surface area contributed by atoms with Gasteiger partial charge in [-0.1, -0.05) is 6.07 Å². The Morgan fingerprint density at radius 1 is 1.17 bits per heavy atom. The fourth-order valence-corrected chi connectivity index (χ4v) is 2.00. The Hall–Kier alpha value is -1.81. The number of hydrogen-bond acceptors (Lipinski definition) is 2. The largest absolute Gasteiger partial charge is 0.308 e. The van der Waals surface area contributed by atoms with E-state index in [0.29, 0.717) is 5.56 Å². The molecule has 1 unspecified atom stereocenters. The van der Waals surface area contributed by atoms with Gasteiger partial charge in [0.05, 0.1) is 11.7 Å². The van der Waals surface area contributed by atoms with E-state index in [2.05, 4.69) is 10.3 Å². The predicted molar refractivity (Wildman–Crippen MR) is 66.2 cm³/mol. The summed E-state index contributed by atoms with van der Waals surface area (Å²) < 4.78 is 26.5. The molecule has 2 rings (SSSR count). The van der Waals surface area contributed by atoms with Gasteiger partial charge in [-0.2, -0.15) is 0 Å². The third-order valence-electron chi connectivity index (χ3n) is 2.83. The van der Waals surface area contributed by atoms with Crippen LogP contribution in [0.25, 0.3) is 0 Å². The van der Waals surface area contributed by atoms with Crippen LogP contribution in [0.2, 0.25) is 0 Å². The second kappa shape index (κ2) is 5.23. The van der Waals surface area contributed by atoms with Crippen LogP contribution in [0.1, 0.15) is 22.9 Å². The number of benzene rings is 1. The molecule has 0 aliphatic rings. The molecule has 0 bridgehead atoms. The highest BCUT2D eigenvalue weighted by molar-refractivity contribution is 5.32. The second-order valence-electron chi connectivity index (χ2n) is 4.13. The maximum absolute atomic E-state index is 13.3. The molecule has 0 saturated carbocycles. The molecule has 4 heteroatoms. The molecule has 2 nitrogen and oxygen atoms in total. The molecule has 1 heterocycles. The summed E-state index contributed by atoms with van der Waals surface area (Å²) in [5.74, 6) is -1.17. The third kappa shape index (κ3) is 2.54. The highest BCUT2D eigenvalue weighted by Gasteiger charge is 2.17. The molecule has 0 spiro atoms. The first-order valence-corrected chi connectivity index (χ1v) is 5.66. The summed E-state index contributed by atoms with van der Waals surface area (Å²) in [4.78, 5) is 4.28. The molecule has 0 amide bonds. The van der Waals surface area contributed by atoms with Gasteiger partial charge in [0, 0.05) is 12.3 Å². The maximum atomic E-state index is 13.3. The molecule has 1 aromatic carbocycles. The third-order valence-corrected chi connectivity index (χ3v) is 2.83. The summed E-state index contributed by atoms with van der Waals surface area (Å²) in [6.45, 7) is 1.92. The monoisotopic (exact) mass is 248 g/mol.